The first-order chi connectivity index (χ1) is 14.9. The molecule has 176 valence electrons. The Hall–Kier alpha value is -2.42. The molecule has 1 aromatic rings. The number of urea groups is 1. The van der Waals surface area contributed by atoms with Gasteiger partial charge in [-0.05, 0) is 43.7 Å². The summed E-state index contributed by atoms with van der Waals surface area (Å²) in [5.74, 6) is -0.597. The highest BCUT2D eigenvalue weighted by Crippen LogP contribution is 2.30. The molecule has 3 atom stereocenters. The van der Waals surface area contributed by atoms with Gasteiger partial charge in [0.05, 0.1) is 11.5 Å². The maximum absolute atomic E-state index is 13.3. The summed E-state index contributed by atoms with van der Waals surface area (Å²) in [5.41, 5.74) is 0.512. The maximum Gasteiger partial charge on any atom is 0.325 e. The van der Waals surface area contributed by atoms with Crippen molar-refractivity contribution < 1.29 is 22.8 Å². The molecule has 0 aromatic heterocycles. The van der Waals surface area contributed by atoms with Gasteiger partial charge in [0.25, 0.3) is 5.91 Å². The van der Waals surface area contributed by atoms with E-state index in [1.54, 1.807) is 11.8 Å². The predicted molar refractivity (Wildman–Crippen MR) is 122 cm³/mol. The van der Waals surface area contributed by atoms with Gasteiger partial charge in [0, 0.05) is 12.1 Å². The van der Waals surface area contributed by atoms with Gasteiger partial charge in [-0.2, -0.15) is 0 Å². The van der Waals surface area contributed by atoms with E-state index in [1.807, 2.05) is 38.1 Å². The van der Waals surface area contributed by atoms with Crippen LogP contribution in [0.4, 0.5) is 4.79 Å². The Kier molecular flexibility index (Phi) is 6.70. The molecule has 3 unspecified atom stereocenters. The van der Waals surface area contributed by atoms with E-state index in [4.69, 9.17) is 0 Å². The number of carbonyl (C=O) groups excluding carboxylic acids is 3. The van der Waals surface area contributed by atoms with Gasteiger partial charge in [0.15, 0.2) is 9.84 Å². The zero-order valence-corrected chi connectivity index (χ0v) is 20.2. The Morgan fingerprint density at radius 3 is 2.34 bits per heavy atom. The molecule has 2 saturated heterocycles. The number of imide groups is 1. The van der Waals surface area contributed by atoms with Gasteiger partial charge < -0.3 is 10.2 Å². The van der Waals surface area contributed by atoms with E-state index in [0.717, 1.165) is 10.5 Å². The van der Waals surface area contributed by atoms with Gasteiger partial charge in [0.2, 0.25) is 5.91 Å². The Labute approximate surface area is 190 Å². The molecule has 8 nitrogen and oxygen atoms in total. The topological polar surface area (TPSA) is 104 Å². The first-order valence-electron chi connectivity index (χ1n) is 11.2. The molecule has 1 N–H and O–H groups in total. The minimum Gasteiger partial charge on any atom is -0.334 e. The molecule has 0 aliphatic carbocycles. The molecule has 2 heterocycles. The smallest absolute Gasteiger partial charge is 0.325 e. The molecule has 32 heavy (non-hydrogen) atoms. The van der Waals surface area contributed by atoms with Crippen molar-refractivity contribution in [1.29, 1.82) is 0 Å². The van der Waals surface area contributed by atoms with Crippen molar-refractivity contribution in [3.63, 3.8) is 0 Å². The number of benzene rings is 1. The van der Waals surface area contributed by atoms with Crippen molar-refractivity contribution in [1.82, 2.24) is 15.1 Å². The van der Waals surface area contributed by atoms with Crippen LogP contribution < -0.4 is 5.32 Å². The fourth-order valence-corrected chi connectivity index (χ4v) is 6.17. The zero-order chi connectivity index (χ0) is 23.8. The van der Waals surface area contributed by atoms with Gasteiger partial charge in [0.1, 0.15) is 12.1 Å². The lowest BCUT2D eigenvalue weighted by Crippen LogP contribution is -2.51. The molecular weight excluding hydrogens is 430 g/mol. The van der Waals surface area contributed by atoms with E-state index >= 15 is 0 Å². The molecular formula is C23H33N3O5S. The molecule has 2 aliphatic rings. The summed E-state index contributed by atoms with van der Waals surface area (Å²) in [4.78, 5) is 41.7. The molecule has 0 saturated carbocycles. The molecule has 0 radical (unpaired) electrons. The standard InChI is InChI=1S/C23H33N3O5S/c1-6-16(4)26(19-11-12-32(30,31)14-19)20(27)13-25-21(28)23(5,24-22(25)29)18-9-7-17(8-10-18)15(2)3/h7-10,15-16,19H,6,11-14H2,1-5H3,(H,24,29). The third-order valence-corrected chi connectivity index (χ3v) is 8.43. The molecule has 9 heteroatoms. The Balaban J connectivity index is 1.81. The lowest BCUT2D eigenvalue weighted by atomic mass is 9.90. The van der Waals surface area contributed by atoms with E-state index in [-0.39, 0.29) is 17.5 Å². The lowest BCUT2D eigenvalue weighted by molar-refractivity contribution is -0.141. The molecule has 0 bridgehead atoms. The number of rotatable bonds is 7. The second-order valence-corrected chi connectivity index (χ2v) is 11.6. The van der Waals surface area contributed by atoms with Crippen LogP contribution in [0.25, 0.3) is 0 Å². The van der Waals surface area contributed by atoms with Gasteiger partial charge in [-0.25, -0.2) is 13.2 Å². The summed E-state index contributed by atoms with van der Waals surface area (Å²) in [7, 11) is -3.18. The van der Waals surface area contributed by atoms with E-state index in [9.17, 15) is 22.8 Å². The molecule has 1 aromatic carbocycles. The Morgan fingerprint density at radius 1 is 1.22 bits per heavy atom. The van der Waals surface area contributed by atoms with Crippen LogP contribution in [0, 0.1) is 0 Å². The van der Waals surface area contributed by atoms with E-state index in [0.29, 0.717) is 24.3 Å². The predicted octanol–water partition coefficient (Wildman–Crippen LogP) is 2.39. The second kappa shape index (κ2) is 8.84. The normalized spacial score (nSPS) is 25.8. The van der Waals surface area contributed by atoms with Crippen molar-refractivity contribution in [2.45, 2.75) is 71.0 Å². The first kappa shape index (κ1) is 24.2. The summed E-state index contributed by atoms with van der Waals surface area (Å²) in [6.45, 7) is 9.15. The number of sulfone groups is 1. The van der Waals surface area contributed by atoms with Crippen LogP contribution in [0.3, 0.4) is 0 Å². The third kappa shape index (κ3) is 4.53. The van der Waals surface area contributed by atoms with Crippen molar-refractivity contribution in [3.05, 3.63) is 35.4 Å². The zero-order valence-electron chi connectivity index (χ0n) is 19.4. The van der Waals surface area contributed by atoms with Crippen LogP contribution in [0.5, 0.6) is 0 Å². The summed E-state index contributed by atoms with van der Waals surface area (Å²) in [6, 6.07) is 6.27. The highest BCUT2D eigenvalue weighted by atomic mass is 32.2. The monoisotopic (exact) mass is 463 g/mol. The number of nitrogens with one attached hydrogen (secondary N) is 1. The van der Waals surface area contributed by atoms with Crippen molar-refractivity contribution in [2.75, 3.05) is 18.1 Å². The Bertz CT molecular complexity index is 1000. The molecule has 3 rings (SSSR count). The van der Waals surface area contributed by atoms with Crippen LogP contribution in [-0.2, 0) is 25.0 Å². The van der Waals surface area contributed by atoms with E-state index in [2.05, 4.69) is 19.2 Å². The second-order valence-electron chi connectivity index (χ2n) is 9.34. The van der Waals surface area contributed by atoms with Crippen LogP contribution in [-0.4, -0.2) is 66.2 Å². The fourth-order valence-electron chi connectivity index (χ4n) is 4.46. The summed E-state index contributed by atoms with van der Waals surface area (Å²) in [5, 5.41) is 2.74. The van der Waals surface area contributed by atoms with Crippen molar-refractivity contribution in [3.8, 4) is 0 Å². The minimum atomic E-state index is -3.18. The van der Waals surface area contributed by atoms with Gasteiger partial charge >= 0.3 is 6.03 Å². The average Bonchev–Trinajstić information content (AvgIpc) is 3.19. The maximum atomic E-state index is 13.3. The summed E-state index contributed by atoms with van der Waals surface area (Å²) < 4.78 is 23.9. The number of carbonyl (C=O) groups is 3. The molecule has 2 aliphatic heterocycles. The highest BCUT2D eigenvalue weighted by molar-refractivity contribution is 7.91. The quantitative estimate of drug-likeness (QED) is 0.626. The molecule has 2 fully saturated rings. The van der Waals surface area contributed by atoms with Gasteiger partial charge in [-0.3, -0.25) is 14.5 Å². The molecule has 4 amide bonds. The SMILES string of the molecule is CCC(C)N(C(=O)CN1C(=O)NC(C)(c2ccc(C(C)C)cc2)C1=O)C1CCS(=O)(=O)C1. The van der Waals surface area contributed by atoms with Crippen molar-refractivity contribution in [2.24, 2.45) is 0 Å². The summed E-state index contributed by atoms with van der Waals surface area (Å²) in [6.07, 6.45) is 1.01. The van der Waals surface area contributed by atoms with Gasteiger partial charge in [-0.1, -0.05) is 45.0 Å². The van der Waals surface area contributed by atoms with Crippen LogP contribution in [0.15, 0.2) is 24.3 Å². The fraction of sp³-hybridized carbons (Fsp3) is 0.609. The van der Waals surface area contributed by atoms with E-state index < -0.39 is 45.8 Å². The summed E-state index contributed by atoms with van der Waals surface area (Å²) >= 11 is 0. The first-order valence-corrected chi connectivity index (χ1v) is 13.0. The van der Waals surface area contributed by atoms with Crippen LogP contribution >= 0.6 is 0 Å². The number of hydrogen-bond donors (Lipinski definition) is 1. The minimum absolute atomic E-state index is 0.0471. The highest BCUT2D eigenvalue weighted by Gasteiger charge is 2.50. The Morgan fingerprint density at radius 2 is 1.84 bits per heavy atom. The van der Waals surface area contributed by atoms with Crippen LogP contribution in [0.1, 0.15) is 64.5 Å². The van der Waals surface area contributed by atoms with E-state index in [1.165, 1.54) is 0 Å². The van der Waals surface area contributed by atoms with Crippen LogP contribution in [0.2, 0.25) is 0 Å². The third-order valence-electron chi connectivity index (χ3n) is 6.68. The van der Waals surface area contributed by atoms with Crippen molar-refractivity contribution >= 4 is 27.7 Å². The molecule has 0 spiro atoms. The average molecular weight is 464 g/mol. The van der Waals surface area contributed by atoms with Gasteiger partial charge in [-0.15, -0.1) is 0 Å². The lowest BCUT2D eigenvalue weighted by Gasteiger charge is -2.34. The number of nitrogens with zero attached hydrogens (tertiary/aromatic N) is 2. The number of hydrogen-bond acceptors (Lipinski definition) is 5. The number of amides is 4. The largest absolute Gasteiger partial charge is 0.334 e.